The van der Waals surface area contributed by atoms with E-state index < -0.39 is 0 Å². The van der Waals surface area contributed by atoms with Gasteiger partial charge in [0, 0.05) is 0 Å². The summed E-state index contributed by atoms with van der Waals surface area (Å²) in [5.74, 6) is 0. The van der Waals surface area contributed by atoms with Crippen LogP contribution in [0.25, 0.3) is 0 Å². The summed E-state index contributed by atoms with van der Waals surface area (Å²) in [6.07, 6.45) is 16.8. The molecule has 0 N–H and O–H groups in total. The third-order valence-corrected chi connectivity index (χ3v) is 4.74. The van der Waals surface area contributed by atoms with Gasteiger partial charge in [-0.15, -0.1) is 0 Å². The summed E-state index contributed by atoms with van der Waals surface area (Å²) >= 11 is 0. The maximum atomic E-state index is 2.51. The van der Waals surface area contributed by atoms with Gasteiger partial charge in [0.25, 0.3) is 0 Å². The molecule has 0 heterocycles. The summed E-state index contributed by atoms with van der Waals surface area (Å²) in [6.45, 7) is 4.79. The van der Waals surface area contributed by atoms with Crippen LogP contribution in [0.3, 0.4) is 0 Å². The number of rotatable bonds is 15. The van der Waals surface area contributed by atoms with Crippen LogP contribution in [0.1, 0.15) is 83.1 Å². The minimum absolute atomic E-state index is 1.21. The van der Waals surface area contributed by atoms with Crippen LogP contribution in [-0.2, 0) is 6.42 Å². The standard InChI is InChI=1S/C22H39N/c1-3-4-5-6-7-8-9-10-11-15-20-23(2)21-16-19-22-17-13-12-14-18-22/h12-14,17-18H,3-11,15-16,19-21H2,1-2H3. The lowest BCUT2D eigenvalue weighted by Gasteiger charge is -2.16. The summed E-state index contributed by atoms with van der Waals surface area (Å²) in [5.41, 5.74) is 1.47. The van der Waals surface area contributed by atoms with Gasteiger partial charge in [0.1, 0.15) is 0 Å². The predicted octanol–water partition coefficient (Wildman–Crippen LogP) is 6.47. The van der Waals surface area contributed by atoms with E-state index in [-0.39, 0.29) is 0 Å². The van der Waals surface area contributed by atoms with Gasteiger partial charge >= 0.3 is 0 Å². The molecule has 0 aliphatic rings. The molecule has 23 heavy (non-hydrogen) atoms. The highest BCUT2D eigenvalue weighted by Gasteiger charge is 1.99. The maximum Gasteiger partial charge on any atom is -0.00186 e. The van der Waals surface area contributed by atoms with Gasteiger partial charge in [0.05, 0.1) is 0 Å². The third kappa shape index (κ3) is 12.3. The van der Waals surface area contributed by atoms with E-state index in [2.05, 4.69) is 49.2 Å². The Morgan fingerprint density at radius 3 is 1.78 bits per heavy atom. The molecule has 1 rings (SSSR count). The maximum absolute atomic E-state index is 2.51. The average molecular weight is 318 g/mol. The number of benzene rings is 1. The average Bonchev–Trinajstić information content (AvgIpc) is 2.57. The first kappa shape index (κ1) is 20.2. The van der Waals surface area contributed by atoms with E-state index in [0.29, 0.717) is 0 Å². The number of unbranched alkanes of at least 4 members (excludes halogenated alkanes) is 9. The SMILES string of the molecule is CCCCCCCCCCCCN(C)CCCc1ccccc1. The molecule has 0 spiro atoms. The van der Waals surface area contributed by atoms with Gasteiger partial charge in [-0.1, -0.05) is 95.0 Å². The highest BCUT2D eigenvalue weighted by Crippen LogP contribution is 2.11. The topological polar surface area (TPSA) is 3.24 Å². The van der Waals surface area contributed by atoms with Crippen molar-refractivity contribution in [1.29, 1.82) is 0 Å². The van der Waals surface area contributed by atoms with E-state index in [0.717, 1.165) is 0 Å². The Morgan fingerprint density at radius 1 is 0.652 bits per heavy atom. The van der Waals surface area contributed by atoms with Crippen molar-refractivity contribution in [2.24, 2.45) is 0 Å². The van der Waals surface area contributed by atoms with E-state index in [9.17, 15) is 0 Å². The molecular weight excluding hydrogens is 278 g/mol. The van der Waals surface area contributed by atoms with Crippen LogP contribution < -0.4 is 0 Å². The molecule has 0 radical (unpaired) electrons. The van der Waals surface area contributed by atoms with Crippen molar-refractivity contribution < 1.29 is 0 Å². The first-order valence-electron chi connectivity index (χ1n) is 10.1. The highest BCUT2D eigenvalue weighted by molar-refractivity contribution is 5.14. The lowest BCUT2D eigenvalue weighted by molar-refractivity contribution is 0.319. The van der Waals surface area contributed by atoms with Crippen LogP contribution in [0.4, 0.5) is 0 Å². The van der Waals surface area contributed by atoms with E-state index in [4.69, 9.17) is 0 Å². The normalized spacial score (nSPS) is 11.3. The molecule has 0 aromatic heterocycles. The molecule has 0 fully saturated rings. The van der Waals surface area contributed by atoms with E-state index in [1.807, 2.05) is 0 Å². The van der Waals surface area contributed by atoms with Crippen LogP contribution in [-0.4, -0.2) is 25.0 Å². The zero-order valence-electron chi connectivity index (χ0n) is 15.7. The summed E-state index contributed by atoms with van der Waals surface area (Å²) in [7, 11) is 2.28. The van der Waals surface area contributed by atoms with Gasteiger partial charge < -0.3 is 4.90 Å². The lowest BCUT2D eigenvalue weighted by atomic mass is 10.1. The van der Waals surface area contributed by atoms with Crippen LogP contribution in [0.2, 0.25) is 0 Å². The number of nitrogens with zero attached hydrogens (tertiary/aromatic N) is 1. The zero-order valence-corrected chi connectivity index (χ0v) is 15.7. The fourth-order valence-electron chi connectivity index (χ4n) is 3.18. The Hall–Kier alpha value is -0.820. The summed E-state index contributed by atoms with van der Waals surface area (Å²) < 4.78 is 0. The van der Waals surface area contributed by atoms with Crippen LogP contribution >= 0.6 is 0 Å². The second-order valence-corrected chi connectivity index (χ2v) is 7.07. The second kappa shape index (κ2) is 14.8. The molecule has 0 unspecified atom stereocenters. The third-order valence-electron chi connectivity index (χ3n) is 4.74. The van der Waals surface area contributed by atoms with Gasteiger partial charge in [-0.25, -0.2) is 0 Å². The molecule has 1 nitrogen and oxygen atoms in total. The molecule has 0 saturated heterocycles. The number of hydrogen-bond donors (Lipinski definition) is 0. The molecule has 0 atom stereocenters. The zero-order chi connectivity index (χ0) is 16.6. The van der Waals surface area contributed by atoms with Gasteiger partial charge in [-0.05, 0) is 45.0 Å². The van der Waals surface area contributed by atoms with Gasteiger partial charge in [0.2, 0.25) is 0 Å². The second-order valence-electron chi connectivity index (χ2n) is 7.07. The molecule has 0 aliphatic carbocycles. The fourth-order valence-corrected chi connectivity index (χ4v) is 3.18. The quantitative estimate of drug-likeness (QED) is 0.335. The lowest BCUT2D eigenvalue weighted by Crippen LogP contribution is -2.21. The fraction of sp³-hybridized carbons (Fsp3) is 0.727. The molecule has 0 saturated carbocycles. The van der Waals surface area contributed by atoms with Crippen LogP contribution in [0, 0.1) is 0 Å². The van der Waals surface area contributed by atoms with Crippen molar-refractivity contribution >= 4 is 0 Å². The Balaban J connectivity index is 1.84. The van der Waals surface area contributed by atoms with Gasteiger partial charge in [-0.3, -0.25) is 0 Å². The first-order valence-corrected chi connectivity index (χ1v) is 10.1. The molecule has 1 aromatic rings. The van der Waals surface area contributed by atoms with E-state index in [1.54, 1.807) is 0 Å². The van der Waals surface area contributed by atoms with Gasteiger partial charge in [0.15, 0.2) is 0 Å². The highest BCUT2D eigenvalue weighted by atomic mass is 15.1. The largest absolute Gasteiger partial charge is 0.306 e. The van der Waals surface area contributed by atoms with Crippen LogP contribution in [0.15, 0.2) is 30.3 Å². The minimum atomic E-state index is 1.21. The minimum Gasteiger partial charge on any atom is -0.306 e. The van der Waals surface area contributed by atoms with Crippen LogP contribution in [0.5, 0.6) is 0 Å². The summed E-state index contributed by atoms with van der Waals surface area (Å²) in [4.78, 5) is 2.51. The van der Waals surface area contributed by atoms with E-state index >= 15 is 0 Å². The monoisotopic (exact) mass is 317 g/mol. The van der Waals surface area contributed by atoms with Crippen molar-refractivity contribution in [3.63, 3.8) is 0 Å². The Bertz CT molecular complexity index is 346. The number of aryl methyl sites for hydroxylation is 1. The number of hydrogen-bond acceptors (Lipinski definition) is 1. The Morgan fingerprint density at radius 2 is 1.17 bits per heavy atom. The Labute approximate surface area is 145 Å². The van der Waals surface area contributed by atoms with Crippen molar-refractivity contribution in [3.8, 4) is 0 Å². The smallest absolute Gasteiger partial charge is 0.00186 e. The molecular formula is C22H39N. The molecule has 0 aliphatic heterocycles. The van der Waals surface area contributed by atoms with Crippen molar-refractivity contribution in [1.82, 2.24) is 4.90 Å². The molecule has 1 heteroatoms. The predicted molar refractivity (Wildman–Crippen MR) is 104 cm³/mol. The Kier molecular flexibility index (Phi) is 13.0. The first-order chi connectivity index (χ1) is 11.3. The molecule has 0 amide bonds. The molecule has 0 bridgehead atoms. The van der Waals surface area contributed by atoms with Gasteiger partial charge in [-0.2, -0.15) is 0 Å². The summed E-state index contributed by atoms with van der Waals surface area (Å²) in [6, 6.07) is 10.9. The molecule has 132 valence electrons. The van der Waals surface area contributed by atoms with Crippen molar-refractivity contribution in [3.05, 3.63) is 35.9 Å². The van der Waals surface area contributed by atoms with E-state index in [1.165, 1.54) is 95.7 Å². The van der Waals surface area contributed by atoms with Crippen molar-refractivity contribution in [2.75, 3.05) is 20.1 Å². The summed E-state index contributed by atoms with van der Waals surface area (Å²) in [5, 5.41) is 0. The van der Waals surface area contributed by atoms with Crippen molar-refractivity contribution in [2.45, 2.75) is 84.0 Å². The molecule has 1 aromatic carbocycles.